The molecule has 0 aliphatic rings. The Morgan fingerprint density at radius 2 is 0.733 bits per heavy atom. The maximum Gasteiger partial charge on any atom is 2.00 e. The fourth-order valence-corrected chi connectivity index (χ4v) is 10.4. The Morgan fingerprint density at radius 1 is 0.442 bits per heavy atom. The minimum atomic E-state index is -1.39. The van der Waals surface area contributed by atoms with E-state index in [0.29, 0.717) is 56.1 Å². The van der Waals surface area contributed by atoms with E-state index in [0.717, 1.165) is 22.5 Å². The standard InChI is InChI=1S/2C33H35FN2O5.Mg.3H2O/c2*1-21(2)31-30(33(41)35-25-11-7-4-8-12-25)29(22-9-5-3-6-10-22)32(23-13-15-24(34)16-14-23)36(31)18-17-26(37)19-27(38)20-28(39)40;;;;/h2*3-16,21,26-27,37-38H,17-20H2,1-2H3,(H,35,41)(H,39,40);;3*1H2/q;;+2;;;/p-2/t2*26-,27-;;;;/m11..../s1. The van der Waals surface area contributed by atoms with Gasteiger partial charge in [-0.15, -0.1) is 0 Å². The maximum atomic E-state index is 14.0. The molecule has 12 N–H and O–H groups in total. The molecule has 17 nitrogen and oxygen atoms in total. The Balaban J connectivity index is 0.000000430. The molecule has 2 heterocycles. The molecule has 0 aliphatic carbocycles. The smallest absolute Gasteiger partial charge is 0.550 e. The van der Waals surface area contributed by atoms with E-state index in [1.165, 1.54) is 24.3 Å². The average Bonchev–Trinajstić information content (AvgIpc) is 1.82. The first-order valence-electron chi connectivity index (χ1n) is 27.3. The molecule has 8 aromatic rings. The molecule has 6 aromatic carbocycles. The van der Waals surface area contributed by atoms with Gasteiger partial charge in [0.1, 0.15) is 11.6 Å². The molecule has 0 bridgehead atoms. The Morgan fingerprint density at radius 3 is 1.01 bits per heavy atom. The van der Waals surface area contributed by atoms with Gasteiger partial charge in [-0.05, 0) is 133 Å². The Hall–Kier alpha value is -7.89. The van der Waals surface area contributed by atoms with Crippen LogP contribution in [0.5, 0.6) is 0 Å². The van der Waals surface area contributed by atoms with E-state index in [1.807, 2.05) is 134 Å². The average molecular weight is 1190 g/mol. The summed E-state index contributed by atoms with van der Waals surface area (Å²) in [5.74, 6) is -4.41. The number of benzene rings is 6. The molecule has 8 rings (SSSR count). The van der Waals surface area contributed by atoms with Crippen molar-refractivity contribution in [3.8, 4) is 44.8 Å². The summed E-state index contributed by atoms with van der Waals surface area (Å²) in [5.41, 5.74) is 9.43. The van der Waals surface area contributed by atoms with E-state index < -0.39 is 60.8 Å². The number of hydrogen-bond donors (Lipinski definition) is 6. The van der Waals surface area contributed by atoms with E-state index in [-0.39, 0.29) is 102 Å². The monoisotopic (exact) mass is 1190 g/mol. The predicted octanol–water partition coefficient (Wildman–Crippen LogP) is 7.10. The fourth-order valence-electron chi connectivity index (χ4n) is 10.4. The first-order chi connectivity index (χ1) is 39.3. The summed E-state index contributed by atoms with van der Waals surface area (Å²) in [5, 5.41) is 69.2. The van der Waals surface area contributed by atoms with Gasteiger partial charge in [0.25, 0.3) is 11.8 Å². The second-order valence-electron chi connectivity index (χ2n) is 20.8. The molecule has 2 aromatic heterocycles. The molecule has 0 spiro atoms. The number of carbonyl (C=O) groups excluding carboxylic acids is 4. The van der Waals surface area contributed by atoms with E-state index in [4.69, 9.17) is 0 Å². The van der Waals surface area contributed by atoms with Crippen molar-refractivity contribution in [2.24, 2.45) is 0 Å². The normalized spacial score (nSPS) is 12.1. The van der Waals surface area contributed by atoms with Gasteiger partial charge >= 0.3 is 23.1 Å². The van der Waals surface area contributed by atoms with Crippen LogP contribution in [0.2, 0.25) is 0 Å². The number of hydrogen-bond acceptors (Lipinski definition) is 10. The number of aromatic nitrogens is 2. The van der Waals surface area contributed by atoms with Gasteiger partial charge in [-0.25, -0.2) is 8.78 Å². The number of aliphatic hydroxyl groups is 4. The first-order valence-corrected chi connectivity index (χ1v) is 27.3. The van der Waals surface area contributed by atoms with Crippen molar-refractivity contribution in [2.75, 3.05) is 10.6 Å². The van der Waals surface area contributed by atoms with Crippen LogP contribution in [-0.2, 0) is 22.7 Å². The summed E-state index contributed by atoms with van der Waals surface area (Å²) in [6.07, 6.45) is -5.54. The van der Waals surface area contributed by atoms with Crippen LogP contribution in [0.4, 0.5) is 20.2 Å². The summed E-state index contributed by atoms with van der Waals surface area (Å²) in [4.78, 5) is 49.8. The molecular weight excluding hydrogens is 1120 g/mol. The zero-order valence-electron chi connectivity index (χ0n) is 48.4. The number of aliphatic carboxylic acids is 2. The molecule has 0 fully saturated rings. The van der Waals surface area contributed by atoms with E-state index >= 15 is 0 Å². The summed E-state index contributed by atoms with van der Waals surface area (Å²) < 4.78 is 32.0. The first kappa shape index (κ1) is 72.4. The molecule has 0 unspecified atom stereocenters. The number of carbonyl (C=O) groups is 4. The summed E-state index contributed by atoms with van der Waals surface area (Å²) >= 11 is 0. The van der Waals surface area contributed by atoms with Crippen LogP contribution in [0, 0.1) is 11.6 Å². The van der Waals surface area contributed by atoms with Crippen molar-refractivity contribution in [1.82, 2.24) is 9.13 Å². The van der Waals surface area contributed by atoms with Gasteiger partial charge in [0.2, 0.25) is 0 Å². The van der Waals surface area contributed by atoms with Gasteiger partial charge in [0, 0.05) is 71.8 Å². The molecule has 20 heteroatoms. The molecule has 0 radical (unpaired) electrons. The van der Waals surface area contributed by atoms with Crippen LogP contribution in [-0.4, -0.2) is 117 Å². The van der Waals surface area contributed by atoms with Crippen molar-refractivity contribution in [3.63, 3.8) is 0 Å². The van der Waals surface area contributed by atoms with Gasteiger partial charge in [0.05, 0.1) is 46.9 Å². The molecule has 2 amide bonds. The van der Waals surface area contributed by atoms with Crippen molar-refractivity contribution in [1.29, 1.82) is 0 Å². The Bertz CT molecular complexity index is 3180. The zero-order valence-corrected chi connectivity index (χ0v) is 49.8. The summed E-state index contributed by atoms with van der Waals surface area (Å²) in [7, 11) is 0. The van der Waals surface area contributed by atoms with Crippen molar-refractivity contribution < 1.29 is 75.0 Å². The molecule has 0 aliphatic heterocycles. The predicted molar refractivity (Wildman–Crippen MR) is 326 cm³/mol. The van der Waals surface area contributed by atoms with Crippen LogP contribution in [0.25, 0.3) is 44.8 Å². The van der Waals surface area contributed by atoms with Gasteiger partial charge in [-0.1, -0.05) is 125 Å². The molecular formula is C66H74F2MgN4O13. The number of carboxylic acids is 2. The molecule has 0 saturated carbocycles. The number of nitrogens with zero attached hydrogens (tertiary/aromatic N) is 2. The van der Waals surface area contributed by atoms with Crippen molar-refractivity contribution >= 4 is 58.2 Å². The third-order valence-electron chi connectivity index (χ3n) is 13.8. The van der Waals surface area contributed by atoms with Gasteiger partial charge in [-0.3, -0.25) is 9.59 Å². The number of rotatable bonds is 24. The van der Waals surface area contributed by atoms with E-state index in [1.54, 1.807) is 48.5 Å². The summed E-state index contributed by atoms with van der Waals surface area (Å²) in [6.45, 7) is 8.45. The topological polar surface area (TPSA) is 324 Å². The largest absolute Gasteiger partial charge is 2.00 e. The van der Waals surface area contributed by atoms with Crippen LogP contribution >= 0.6 is 0 Å². The fraction of sp³-hybridized carbons (Fsp3) is 0.273. The maximum absolute atomic E-state index is 14.0. The zero-order chi connectivity index (χ0) is 59.0. The summed E-state index contributed by atoms with van der Waals surface area (Å²) in [6, 6.07) is 49.4. The van der Waals surface area contributed by atoms with Crippen LogP contribution in [0.1, 0.15) is 110 Å². The minimum absolute atomic E-state index is 0. The SMILES string of the molecule is CC(C)c1c(C(=O)Nc2ccccc2)c(-c2ccccc2)c(-c2ccc(F)cc2)n1CC[C@@H](O)C[C@@H](O)CC(=O)[O-].CC(C)c1c(C(=O)Nc2ccccc2)c(-c2ccccc2)c(-c2ccc(F)cc2)n1CC[C@@H](O)C[C@@H](O)CC(=O)[O-].O.O.O.[Mg+2]. The quantitative estimate of drug-likeness (QED) is 0.0333. The van der Waals surface area contributed by atoms with Crippen molar-refractivity contribution in [2.45, 2.75) is 116 Å². The van der Waals surface area contributed by atoms with Gasteiger partial charge in [-0.2, -0.15) is 0 Å². The number of aliphatic hydroxyl groups excluding tert-OH is 4. The second-order valence-corrected chi connectivity index (χ2v) is 20.8. The molecule has 4 atom stereocenters. The number of amides is 2. The Kier molecular flexibility index (Phi) is 28.9. The van der Waals surface area contributed by atoms with Crippen LogP contribution < -0.4 is 20.8 Å². The molecule has 86 heavy (non-hydrogen) atoms. The Labute approximate surface area is 514 Å². The number of anilines is 2. The van der Waals surface area contributed by atoms with Gasteiger partial charge in [0.15, 0.2) is 0 Å². The van der Waals surface area contributed by atoms with Crippen LogP contribution in [0.3, 0.4) is 0 Å². The third-order valence-corrected chi connectivity index (χ3v) is 13.8. The van der Waals surface area contributed by atoms with Crippen molar-refractivity contribution in [3.05, 3.63) is 204 Å². The van der Waals surface area contributed by atoms with Gasteiger partial charge < -0.3 is 76.4 Å². The molecule has 452 valence electrons. The number of carboxylic acid groups (broad SMARTS) is 2. The second kappa shape index (κ2) is 34.3. The van der Waals surface area contributed by atoms with E-state index in [9.17, 15) is 58.6 Å². The number of para-hydroxylation sites is 2. The number of nitrogens with one attached hydrogen (secondary N) is 2. The third kappa shape index (κ3) is 19.1. The van der Waals surface area contributed by atoms with E-state index in [2.05, 4.69) is 10.6 Å². The van der Waals surface area contributed by atoms with Crippen LogP contribution in [0.15, 0.2) is 170 Å². The minimum Gasteiger partial charge on any atom is -0.550 e. The molecule has 0 saturated heterocycles. The number of halogens is 2.